The first-order chi connectivity index (χ1) is 13.6. The summed E-state index contributed by atoms with van der Waals surface area (Å²) in [6, 6.07) is 15.7. The molecule has 2 N–H and O–H groups in total. The van der Waals surface area contributed by atoms with Crippen LogP contribution >= 0.6 is 0 Å². The van der Waals surface area contributed by atoms with Gasteiger partial charge in [0.1, 0.15) is 5.82 Å². The molecule has 3 aromatic rings. The van der Waals surface area contributed by atoms with E-state index in [1.807, 2.05) is 6.07 Å². The predicted octanol–water partition coefficient (Wildman–Crippen LogP) is 4.01. The molecule has 0 fully saturated rings. The highest BCUT2D eigenvalue weighted by molar-refractivity contribution is 6.04. The minimum absolute atomic E-state index is 0.00727. The maximum Gasteiger partial charge on any atom is 0.257 e. The van der Waals surface area contributed by atoms with Gasteiger partial charge in [-0.1, -0.05) is 12.1 Å². The average Bonchev–Trinajstić information content (AvgIpc) is 3.16. The summed E-state index contributed by atoms with van der Waals surface area (Å²) < 4.78 is 10.6. The van der Waals surface area contributed by atoms with Crippen molar-refractivity contribution in [3.05, 3.63) is 71.9 Å². The second-order valence-electron chi connectivity index (χ2n) is 6.22. The van der Waals surface area contributed by atoms with Gasteiger partial charge in [0.15, 0.2) is 17.3 Å². The second kappa shape index (κ2) is 7.40. The lowest BCUT2D eigenvalue weighted by molar-refractivity contribution is 0.101. The van der Waals surface area contributed by atoms with E-state index in [1.54, 1.807) is 48.5 Å². The summed E-state index contributed by atoms with van der Waals surface area (Å²) in [6.45, 7) is 1.70. The fraction of sp³-hybridized carbons (Fsp3) is 0.0952. The number of amides is 1. The Bertz CT molecular complexity index is 1050. The van der Waals surface area contributed by atoms with E-state index in [0.29, 0.717) is 34.1 Å². The van der Waals surface area contributed by atoms with Crippen LogP contribution in [0.25, 0.3) is 0 Å². The molecule has 2 heterocycles. The Labute approximate surface area is 161 Å². The Morgan fingerprint density at radius 3 is 2.57 bits per heavy atom. The van der Waals surface area contributed by atoms with E-state index in [4.69, 9.17) is 9.47 Å². The van der Waals surface area contributed by atoms with Crippen LogP contribution in [0.5, 0.6) is 11.5 Å². The van der Waals surface area contributed by atoms with Crippen LogP contribution in [0.1, 0.15) is 27.6 Å². The van der Waals surface area contributed by atoms with Gasteiger partial charge >= 0.3 is 0 Å². The third-order valence-corrected chi connectivity index (χ3v) is 4.20. The van der Waals surface area contributed by atoms with Crippen LogP contribution in [0.15, 0.2) is 60.8 Å². The standard InChI is InChI=1S/C21H17N3O4/c1-13(25)14-3-2-4-16(9-14)23-20-8-5-15(11-22-20)21(26)24-17-6-7-18-19(10-17)28-12-27-18/h2-11H,12H2,1H3,(H,22,23)(H,24,26). The number of nitrogens with one attached hydrogen (secondary N) is 2. The Kier molecular flexibility index (Phi) is 4.63. The van der Waals surface area contributed by atoms with Crippen LogP contribution in [0, 0.1) is 0 Å². The molecular weight excluding hydrogens is 358 g/mol. The van der Waals surface area contributed by atoms with Crippen LogP contribution < -0.4 is 20.1 Å². The number of Topliss-reactive ketones (excluding diaryl/α,β-unsaturated/α-hetero) is 1. The maximum atomic E-state index is 12.4. The van der Waals surface area contributed by atoms with Crippen LogP contribution in [0.4, 0.5) is 17.2 Å². The summed E-state index contributed by atoms with van der Waals surface area (Å²) in [4.78, 5) is 28.2. The van der Waals surface area contributed by atoms with E-state index in [-0.39, 0.29) is 18.5 Å². The normalized spacial score (nSPS) is 11.8. The van der Waals surface area contributed by atoms with Crippen molar-refractivity contribution in [2.45, 2.75) is 6.92 Å². The van der Waals surface area contributed by atoms with Gasteiger partial charge < -0.3 is 20.1 Å². The van der Waals surface area contributed by atoms with Crippen molar-refractivity contribution < 1.29 is 19.1 Å². The molecular formula is C21H17N3O4. The molecule has 28 heavy (non-hydrogen) atoms. The molecule has 0 saturated carbocycles. The average molecular weight is 375 g/mol. The van der Waals surface area contributed by atoms with Crippen molar-refractivity contribution in [2.24, 2.45) is 0 Å². The summed E-state index contributed by atoms with van der Waals surface area (Å²) in [7, 11) is 0. The van der Waals surface area contributed by atoms with E-state index in [9.17, 15) is 9.59 Å². The fourth-order valence-electron chi connectivity index (χ4n) is 2.74. The zero-order valence-corrected chi connectivity index (χ0v) is 15.1. The summed E-state index contributed by atoms with van der Waals surface area (Å²) in [5.41, 5.74) is 2.39. The van der Waals surface area contributed by atoms with Crippen molar-refractivity contribution in [1.82, 2.24) is 4.98 Å². The zero-order chi connectivity index (χ0) is 19.5. The molecule has 0 spiro atoms. The van der Waals surface area contributed by atoms with Gasteiger partial charge in [0.25, 0.3) is 5.91 Å². The number of rotatable bonds is 5. The number of nitrogens with zero attached hydrogens (tertiary/aromatic N) is 1. The van der Waals surface area contributed by atoms with E-state index in [2.05, 4.69) is 15.6 Å². The number of carbonyl (C=O) groups is 2. The predicted molar refractivity (Wildman–Crippen MR) is 104 cm³/mol. The Morgan fingerprint density at radius 1 is 0.929 bits per heavy atom. The molecule has 0 aliphatic carbocycles. The summed E-state index contributed by atoms with van der Waals surface area (Å²) >= 11 is 0. The number of ether oxygens (including phenoxy) is 2. The number of carbonyl (C=O) groups excluding carboxylic acids is 2. The van der Waals surface area contributed by atoms with Crippen molar-refractivity contribution in [3.8, 4) is 11.5 Å². The third kappa shape index (κ3) is 3.78. The lowest BCUT2D eigenvalue weighted by Gasteiger charge is -2.09. The molecule has 0 bridgehead atoms. The van der Waals surface area contributed by atoms with Gasteiger partial charge in [-0.2, -0.15) is 0 Å². The summed E-state index contributed by atoms with van der Waals surface area (Å²) in [6.07, 6.45) is 1.49. The highest BCUT2D eigenvalue weighted by Gasteiger charge is 2.15. The Morgan fingerprint density at radius 2 is 1.79 bits per heavy atom. The first kappa shape index (κ1) is 17.5. The molecule has 4 rings (SSSR count). The first-order valence-corrected chi connectivity index (χ1v) is 8.63. The molecule has 1 amide bonds. The number of hydrogen-bond donors (Lipinski definition) is 2. The summed E-state index contributed by atoms with van der Waals surface area (Å²) in [5, 5.41) is 5.92. The molecule has 1 aromatic heterocycles. The second-order valence-corrected chi connectivity index (χ2v) is 6.22. The summed E-state index contributed by atoms with van der Waals surface area (Å²) in [5.74, 6) is 1.54. The van der Waals surface area contributed by atoms with Crippen molar-refractivity contribution >= 4 is 28.9 Å². The van der Waals surface area contributed by atoms with E-state index < -0.39 is 0 Å². The topological polar surface area (TPSA) is 89.6 Å². The number of hydrogen-bond acceptors (Lipinski definition) is 6. The van der Waals surface area contributed by atoms with Gasteiger partial charge in [-0.15, -0.1) is 0 Å². The van der Waals surface area contributed by atoms with E-state index >= 15 is 0 Å². The number of anilines is 3. The number of ketones is 1. The van der Waals surface area contributed by atoms with Crippen molar-refractivity contribution in [1.29, 1.82) is 0 Å². The largest absolute Gasteiger partial charge is 0.454 e. The highest BCUT2D eigenvalue weighted by atomic mass is 16.7. The molecule has 2 aromatic carbocycles. The number of aromatic nitrogens is 1. The number of fused-ring (bicyclic) bond motifs is 1. The third-order valence-electron chi connectivity index (χ3n) is 4.20. The molecule has 1 aliphatic heterocycles. The van der Waals surface area contributed by atoms with Gasteiger partial charge in [-0.3, -0.25) is 9.59 Å². The molecule has 0 saturated heterocycles. The first-order valence-electron chi connectivity index (χ1n) is 8.63. The smallest absolute Gasteiger partial charge is 0.257 e. The number of pyridine rings is 1. The van der Waals surface area contributed by atoms with Crippen LogP contribution in [0.3, 0.4) is 0 Å². The quantitative estimate of drug-likeness (QED) is 0.655. The highest BCUT2D eigenvalue weighted by Crippen LogP contribution is 2.34. The molecule has 0 atom stereocenters. The lowest BCUT2D eigenvalue weighted by atomic mass is 10.1. The Hall–Kier alpha value is -3.87. The van der Waals surface area contributed by atoms with Crippen LogP contribution in [-0.2, 0) is 0 Å². The SMILES string of the molecule is CC(=O)c1cccc(Nc2ccc(C(=O)Nc3ccc4c(c3)OCO4)cn2)c1. The fourth-order valence-corrected chi connectivity index (χ4v) is 2.74. The minimum Gasteiger partial charge on any atom is -0.454 e. The van der Waals surface area contributed by atoms with Crippen LogP contribution in [0.2, 0.25) is 0 Å². The molecule has 0 unspecified atom stereocenters. The van der Waals surface area contributed by atoms with Gasteiger partial charge in [0, 0.05) is 29.2 Å². The van der Waals surface area contributed by atoms with Gasteiger partial charge in [0.2, 0.25) is 6.79 Å². The number of benzene rings is 2. The molecule has 0 radical (unpaired) electrons. The molecule has 140 valence electrons. The van der Waals surface area contributed by atoms with Gasteiger partial charge in [-0.25, -0.2) is 4.98 Å². The molecule has 1 aliphatic rings. The van der Waals surface area contributed by atoms with Crippen molar-refractivity contribution in [2.75, 3.05) is 17.4 Å². The van der Waals surface area contributed by atoms with Gasteiger partial charge in [0.05, 0.1) is 5.56 Å². The van der Waals surface area contributed by atoms with E-state index in [1.165, 1.54) is 13.1 Å². The van der Waals surface area contributed by atoms with Crippen LogP contribution in [-0.4, -0.2) is 23.5 Å². The minimum atomic E-state index is -0.281. The molecule has 7 heteroatoms. The van der Waals surface area contributed by atoms with Gasteiger partial charge in [-0.05, 0) is 43.3 Å². The molecule has 7 nitrogen and oxygen atoms in total. The Balaban J connectivity index is 1.43. The zero-order valence-electron chi connectivity index (χ0n) is 15.1. The lowest BCUT2D eigenvalue weighted by Crippen LogP contribution is -2.12. The van der Waals surface area contributed by atoms with E-state index in [0.717, 1.165) is 5.69 Å². The maximum absolute atomic E-state index is 12.4. The monoisotopic (exact) mass is 375 g/mol. The van der Waals surface area contributed by atoms with Crippen molar-refractivity contribution in [3.63, 3.8) is 0 Å².